The third kappa shape index (κ3) is 4.36. The summed E-state index contributed by atoms with van der Waals surface area (Å²) in [7, 11) is 0. The highest BCUT2D eigenvalue weighted by Crippen LogP contribution is 2.22. The molecular weight excluding hydrogens is 236 g/mol. The van der Waals surface area contributed by atoms with Gasteiger partial charge in [-0.05, 0) is 31.0 Å². The number of halogens is 1. The number of unbranched alkanes of at least 4 members (excludes halogenated alkanes) is 1. The third-order valence-electron chi connectivity index (χ3n) is 2.59. The minimum atomic E-state index is -0.466. The molecule has 0 fully saturated rings. The first kappa shape index (κ1) is 14.0. The molecule has 3 N–H and O–H groups in total. The molecule has 0 aliphatic rings. The van der Waals surface area contributed by atoms with E-state index >= 15 is 0 Å². The van der Waals surface area contributed by atoms with Crippen LogP contribution in [-0.2, 0) is 4.79 Å². The fraction of sp³-hybridized carbons (Fsp3) is 0.462. The summed E-state index contributed by atoms with van der Waals surface area (Å²) in [6, 6.07) is 5.04. The van der Waals surface area contributed by atoms with Crippen LogP contribution < -0.4 is 11.1 Å². The molecule has 3 nitrogen and oxygen atoms in total. The van der Waals surface area contributed by atoms with Crippen molar-refractivity contribution < 1.29 is 4.79 Å². The van der Waals surface area contributed by atoms with Crippen LogP contribution in [0.2, 0.25) is 5.02 Å². The number of benzene rings is 1. The molecule has 0 aliphatic heterocycles. The van der Waals surface area contributed by atoms with Gasteiger partial charge in [-0.25, -0.2) is 0 Å². The summed E-state index contributed by atoms with van der Waals surface area (Å²) in [6.07, 6.45) is 2.69. The molecule has 0 heterocycles. The van der Waals surface area contributed by atoms with E-state index in [1.807, 2.05) is 19.1 Å². The van der Waals surface area contributed by atoms with Crippen molar-refractivity contribution in [3.05, 3.63) is 28.8 Å². The van der Waals surface area contributed by atoms with Crippen LogP contribution in [0.15, 0.2) is 18.2 Å². The summed E-state index contributed by atoms with van der Waals surface area (Å²) in [6.45, 7) is 4.02. The number of nitrogens with one attached hydrogen (secondary N) is 1. The number of anilines is 1. The molecule has 1 aromatic carbocycles. The van der Waals surface area contributed by atoms with Crippen molar-refractivity contribution in [3.63, 3.8) is 0 Å². The molecule has 1 atom stereocenters. The lowest BCUT2D eigenvalue weighted by molar-refractivity contribution is -0.117. The van der Waals surface area contributed by atoms with E-state index in [1.54, 1.807) is 6.07 Å². The first-order chi connectivity index (χ1) is 8.04. The van der Waals surface area contributed by atoms with Gasteiger partial charge in [0.25, 0.3) is 0 Å². The lowest BCUT2D eigenvalue weighted by Crippen LogP contribution is -2.35. The Morgan fingerprint density at radius 2 is 2.24 bits per heavy atom. The zero-order valence-electron chi connectivity index (χ0n) is 10.3. The number of hydrogen-bond acceptors (Lipinski definition) is 2. The van der Waals surface area contributed by atoms with Crippen LogP contribution in [0.1, 0.15) is 31.7 Å². The van der Waals surface area contributed by atoms with Crippen molar-refractivity contribution in [2.45, 2.75) is 39.2 Å². The molecule has 0 radical (unpaired) electrons. The Labute approximate surface area is 107 Å². The summed E-state index contributed by atoms with van der Waals surface area (Å²) in [5, 5.41) is 3.30. The van der Waals surface area contributed by atoms with Crippen LogP contribution in [0.25, 0.3) is 0 Å². The molecule has 1 amide bonds. The highest BCUT2D eigenvalue weighted by atomic mass is 35.5. The highest BCUT2D eigenvalue weighted by Gasteiger charge is 2.14. The molecule has 94 valence electrons. The van der Waals surface area contributed by atoms with Crippen LogP contribution in [-0.4, -0.2) is 11.9 Å². The lowest BCUT2D eigenvalue weighted by atomic mass is 10.1. The first-order valence-corrected chi connectivity index (χ1v) is 6.25. The molecular formula is C13H19ClN2O. The Bertz CT molecular complexity index is 393. The topological polar surface area (TPSA) is 55.1 Å². The Balaban J connectivity index is 2.64. The second kappa shape index (κ2) is 6.62. The highest BCUT2D eigenvalue weighted by molar-refractivity contribution is 6.33. The van der Waals surface area contributed by atoms with Gasteiger partial charge < -0.3 is 11.1 Å². The largest absolute Gasteiger partial charge is 0.323 e. The summed E-state index contributed by atoms with van der Waals surface area (Å²) < 4.78 is 0. The monoisotopic (exact) mass is 254 g/mol. The van der Waals surface area contributed by atoms with E-state index in [4.69, 9.17) is 17.3 Å². The minimum Gasteiger partial charge on any atom is -0.323 e. The number of amides is 1. The summed E-state index contributed by atoms with van der Waals surface area (Å²) >= 11 is 5.99. The summed E-state index contributed by atoms with van der Waals surface area (Å²) in [5.74, 6) is -0.175. The number of carbonyl (C=O) groups excluding carboxylic acids is 1. The Hall–Kier alpha value is -1.06. The average Bonchev–Trinajstić information content (AvgIpc) is 2.30. The van der Waals surface area contributed by atoms with Gasteiger partial charge in [-0.15, -0.1) is 0 Å². The zero-order chi connectivity index (χ0) is 12.8. The van der Waals surface area contributed by atoms with E-state index in [1.165, 1.54) is 0 Å². The smallest absolute Gasteiger partial charge is 0.241 e. The number of hydrogen-bond donors (Lipinski definition) is 2. The molecule has 0 aliphatic carbocycles. The van der Waals surface area contributed by atoms with Crippen molar-refractivity contribution in [1.82, 2.24) is 0 Å². The molecule has 0 bridgehead atoms. The summed E-state index contributed by atoms with van der Waals surface area (Å²) in [4.78, 5) is 11.8. The normalized spacial score (nSPS) is 12.2. The van der Waals surface area contributed by atoms with Gasteiger partial charge in [0, 0.05) is 0 Å². The van der Waals surface area contributed by atoms with Crippen molar-refractivity contribution in [2.24, 2.45) is 5.73 Å². The van der Waals surface area contributed by atoms with E-state index in [9.17, 15) is 4.79 Å². The van der Waals surface area contributed by atoms with Gasteiger partial charge in [0.15, 0.2) is 0 Å². The molecule has 0 spiro atoms. The summed E-state index contributed by atoms with van der Waals surface area (Å²) in [5.41, 5.74) is 7.46. The van der Waals surface area contributed by atoms with E-state index < -0.39 is 6.04 Å². The van der Waals surface area contributed by atoms with Crippen molar-refractivity contribution >= 4 is 23.2 Å². The van der Waals surface area contributed by atoms with Gasteiger partial charge in [0.2, 0.25) is 5.91 Å². The minimum absolute atomic E-state index is 0.175. The molecule has 0 saturated carbocycles. The Kier molecular flexibility index (Phi) is 5.45. The van der Waals surface area contributed by atoms with Crippen LogP contribution >= 0.6 is 11.6 Å². The average molecular weight is 255 g/mol. The molecule has 4 heteroatoms. The molecule has 1 unspecified atom stereocenters. The SMILES string of the molecule is CCCCC(N)C(=O)Nc1cc(C)ccc1Cl. The lowest BCUT2D eigenvalue weighted by Gasteiger charge is -2.13. The second-order valence-corrected chi connectivity index (χ2v) is 4.63. The van der Waals surface area contributed by atoms with Gasteiger partial charge in [-0.1, -0.05) is 37.4 Å². The number of rotatable bonds is 5. The van der Waals surface area contributed by atoms with Crippen LogP contribution in [0, 0.1) is 6.92 Å². The predicted molar refractivity (Wildman–Crippen MR) is 72.3 cm³/mol. The van der Waals surface area contributed by atoms with Gasteiger partial charge >= 0.3 is 0 Å². The standard InChI is InChI=1S/C13H19ClN2O/c1-3-4-5-11(15)13(17)16-12-8-9(2)6-7-10(12)14/h6-8,11H,3-5,15H2,1-2H3,(H,16,17). The van der Waals surface area contributed by atoms with Crippen molar-refractivity contribution in [3.8, 4) is 0 Å². The van der Waals surface area contributed by atoms with E-state index in [0.29, 0.717) is 17.1 Å². The Morgan fingerprint density at radius 3 is 2.88 bits per heavy atom. The molecule has 0 saturated heterocycles. The van der Waals surface area contributed by atoms with Gasteiger partial charge in [0.1, 0.15) is 0 Å². The van der Waals surface area contributed by atoms with Crippen LogP contribution in [0.3, 0.4) is 0 Å². The number of nitrogens with two attached hydrogens (primary N) is 1. The van der Waals surface area contributed by atoms with Crippen LogP contribution in [0.4, 0.5) is 5.69 Å². The molecule has 1 aromatic rings. The van der Waals surface area contributed by atoms with E-state index in [0.717, 1.165) is 18.4 Å². The second-order valence-electron chi connectivity index (χ2n) is 4.22. The molecule has 0 aromatic heterocycles. The van der Waals surface area contributed by atoms with Gasteiger partial charge in [-0.2, -0.15) is 0 Å². The fourth-order valence-electron chi connectivity index (χ4n) is 1.52. The maximum Gasteiger partial charge on any atom is 0.241 e. The fourth-order valence-corrected chi connectivity index (χ4v) is 1.68. The van der Waals surface area contributed by atoms with Crippen molar-refractivity contribution in [2.75, 3.05) is 5.32 Å². The Morgan fingerprint density at radius 1 is 1.53 bits per heavy atom. The maximum absolute atomic E-state index is 11.8. The first-order valence-electron chi connectivity index (χ1n) is 5.87. The number of carbonyl (C=O) groups is 1. The zero-order valence-corrected chi connectivity index (χ0v) is 11.1. The van der Waals surface area contributed by atoms with Gasteiger partial charge in [0.05, 0.1) is 16.8 Å². The van der Waals surface area contributed by atoms with E-state index in [-0.39, 0.29) is 5.91 Å². The van der Waals surface area contributed by atoms with E-state index in [2.05, 4.69) is 12.2 Å². The number of aryl methyl sites for hydroxylation is 1. The van der Waals surface area contributed by atoms with Crippen molar-refractivity contribution in [1.29, 1.82) is 0 Å². The molecule has 1 rings (SSSR count). The maximum atomic E-state index is 11.8. The third-order valence-corrected chi connectivity index (χ3v) is 2.91. The molecule has 17 heavy (non-hydrogen) atoms. The van der Waals surface area contributed by atoms with Gasteiger partial charge in [-0.3, -0.25) is 4.79 Å². The predicted octanol–water partition coefficient (Wildman–Crippen LogP) is 3.10. The quantitative estimate of drug-likeness (QED) is 0.848. The van der Waals surface area contributed by atoms with Crippen LogP contribution in [0.5, 0.6) is 0 Å².